The molecule has 0 saturated carbocycles. The highest BCUT2D eigenvalue weighted by Crippen LogP contribution is 2.33. The maximum Gasteiger partial charge on any atom is 0.416 e. The lowest BCUT2D eigenvalue weighted by atomic mass is 9.83. The summed E-state index contributed by atoms with van der Waals surface area (Å²) in [5.74, 6) is 0. The van der Waals surface area contributed by atoms with Gasteiger partial charge in [0.1, 0.15) is 7.05 Å². The third kappa shape index (κ3) is 3.58. The van der Waals surface area contributed by atoms with Crippen LogP contribution in [0.1, 0.15) is 43.0 Å². The van der Waals surface area contributed by atoms with E-state index in [0.29, 0.717) is 5.39 Å². The maximum absolute atomic E-state index is 13.0. The highest BCUT2D eigenvalue weighted by atomic mass is 19.4. The second-order valence-corrected chi connectivity index (χ2v) is 8.26. The van der Waals surface area contributed by atoms with E-state index in [1.165, 1.54) is 22.8 Å². The van der Waals surface area contributed by atoms with Crippen LogP contribution in [0.4, 0.5) is 13.2 Å². The van der Waals surface area contributed by atoms with Crippen LogP contribution in [0, 0.1) is 13.8 Å². The van der Waals surface area contributed by atoms with Gasteiger partial charge in [0.05, 0.1) is 5.56 Å². The Balaban J connectivity index is 2.24. The zero-order chi connectivity index (χ0) is 20.1. The Morgan fingerprint density at radius 2 is 1.48 bits per heavy atom. The molecular formula is C23H25F3N+. The fourth-order valence-corrected chi connectivity index (χ4v) is 3.41. The molecule has 1 nitrogen and oxygen atoms in total. The molecular weight excluding hydrogens is 347 g/mol. The summed E-state index contributed by atoms with van der Waals surface area (Å²) in [5.41, 5.74) is 5.92. The minimum Gasteiger partial charge on any atom is -0.194 e. The normalized spacial score (nSPS) is 12.6. The van der Waals surface area contributed by atoms with E-state index in [1.54, 1.807) is 12.1 Å². The van der Waals surface area contributed by atoms with Crippen LogP contribution in [0.5, 0.6) is 0 Å². The molecule has 1 aromatic heterocycles. The summed E-state index contributed by atoms with van der Waals surface area (Å²) in [4.78, 5) is 0. The highest BCUT2D eigenvalue weighted by molar-refractivity contribution is 5.79. The first kappa shape index (κ1) is 19.4. The van der Waals surface area contributed by atoms with Crippen molar-refractivity contribution in [2.24, 2.45) is 7.05 Å². The van der Waals surface area contributed by atoms with Crippen LogP contribution in [0.2, 0.25) is 0 Å². The summed E-state index contributed by atoms with van der Waals surface area (Å²) in [5, 5.41) is 0.581. The molecule has 0 fully saturated rings. The van der Waals surface area contributed by atoms with E-state index in [4.69, 9.17) is 0 Å². The number of aryl methyl sites for hydroxylation is 2. The molecule has 0 unspecified atom stereocenters. The summed E-state index contributed by atoms with van der Waals surface area (Å²) in [6.07, 6.45) is -4.33. The summed E-state index contributed by atoms with van der Waals surface area (Å²) < 4.78 is 41.0. The summed E-state index contributed by atoms with van der Waals surface area (Å²) in [7, 11) is 1.91. The average Bonchev–Trinajstić information content (AvgIpc) is 2.56. The summed E-state index contributed by atoms with van der Waals surface area (Å²) in [6.45, 7) is 10.7. The van der Waals surface area contributed by atoms with Crippen LogP contribution in [0.25, 0.3) is 22.2 Å². The largest absolute Gasteiger partial charge is 0.416 e. The fraction of sp³-hybridized carbons (Fsp3) is 0.348. The number of nitrogens with zero attached hydrogens (tertiary/aromatic N) is 1. The van der Waals surface area contributed by atoms with Crippen molar-refractivity contribution in [3.05, 3.63) is 64.7 Å². The first-order valence-corrected chi connectivity index (χ1v) is 9.01. The van der Waals surface area contributed by atoms with E-state index in [9.17, 15) is 13.2 Å². The van der Waals surface area contributed by atoms with Crippen LogP contribution in [0.3, 0.4) is 0 Å². The van der Waals surface area contributed by atoms with Gasteiger partial charge in [-0.3, -0.25) is 0 Å². The van der Waals surface area contributed by atoms with Gasteiger partial charge in [-0.05, 0) is 60.2 Å². The van der Waals surface area contributed by atoms with Crippen LogP contribution in [-0.4, -0.2) is 0 Å². The van der Waals surface area contributed by atoms with Gasteiger partial charge < -0.3 is 0 Å². The van der Waals surface area contributed by atoms with Gasteiger partial charge in [-0.15, -0.1) is 0 Å². The van der Waals surface area contributed by atoms with E-state index in [-0.39, 0.29) is 5.41 Å². The van der Waals surface area contributed by atoms with Gasteiger partial charge in [-0.2, -0.15) is 17.7 Å². The maximum atomic E-state index is 13.0. The second-order valence-electron chi connectivity index (χ2n) is 8.26. The van der Waals surface area contributed by atoms with Gasteiger partial charge in [0, 0.05) is 23.1 Å². The number of pyridine rings is 1. The number of aromatic nitrogens is 1. The Morgan fingerprint density at radius 1 is 0.815 bits per heavy atom. The molecule has 4 heteroatoms. The third-order valence-corrected chi connectivity index (χ3v) is 5.31. The number of alkyl halides is 3. The van der Waals surface area contributed by atoms with E-state index >= 15 is 0 Å². The Morgan fingerprint density at radius 3 is 2.07 bits per heavy atom. The van der Waals surface area contributed by atoms with Crippen molar-refractivity contribution < 1.29 is 17.7 Å². The lowest BCUT2D eigenvalue weighted by Crippen LogP contribution is -2.32. The molecule has 0 N–H and O–H groups in total. The summed E-state index contributed by atoms with van der Waals surface area (Å²) >= 11 is 0. The molecule has 0 bridgehead atoms. The lowest BCUT2D eigenvalue weighted by Gasteiger charge is -2.22. The fourth-order valence-electron chi connectivity index (χ4n) is 3.41. The molecule has 3 rings (SSSR count). The highest BCUT2D eigenvalue weighted by Gasteiger charge is 2.31. The molecule has 0 spiro atoms. The number of benzene rings is 2. The van der Waals surface area contributed by atoms with Gasteiger partial charge in [0.15, 0.2) is 0 Å². The number of halogens is 3. The molecule has 142 valence electrons. The van der Waals surface area contributed by atoms with E-state index < -0.39 is 11.7 Å². The van der Waals surface area contributed by atoms with E-state index in [2.05, 4.69) is 46.8 Å². The van der Waals surface area contributed by atoms with E-state index in [1.807, 2.05) is 17.7 Å². The molecule has 0 aliphatic heterocycles. The van der Waals surface area contributed by atoms with Crippen LogP contribution in [0.15, 0.2) is 42.5 Å². The zero-order valence-electron chi connectivity index (χ0n) is 16.6. The number of fused-ring (bicyclic) bond motifs is 1. The second kappa shape index (κ2) is 6.36. The zero-order valence-corrected chi connectivity index (χ0v) is 16.6. The van der Waals surface area contributed by atoms with Crippen LogP contribution in [-0.2, 0) is 18.6 Å². The first-order valence-electron chi connectivity index (χ1n) is 9.01. The van der Waals surface area contributed by atoms with Gasteiger partial charge in [0.2, 0.25) is 11.2 Å². The molecule has 0 saturated heterocycles. The number of rotatable bonds is 1. The minimum absolute atomic E-state index is 0.0181. The van der Waals surface area contributed by atoms with Gasteiger partial charge in [0.25, 0.3) is 0 Å². The summed E-state index contributed by atoms with van der Waals surface area (Å²) in [6, 6.07) is 12.0. The molecule has 27 heavy (non-hydrogen) atoms. The molecule has 0 amide bonds. The topological polar surface area (TPSA) is 3.88 Å². The SMILES string of the molecule is Cc1cc(C(C)(C)C)cc(-c2ccc3cc(C(F)(F)F)ccc3[n+]2C)c1C. The van der Waals surface area contributed by atoms with Crippen molar-refractivity contribution >= 4 is 10.9 Å². The van der Waals surface area contributed by atoms with Crippen molar-refractivity contribution in [1.29, 1.82) is 0 Å². The van der Waals surface area contributed by atoms with Gasteiger partial charge >= 0.3 is 6.18 Å². The predicted octanol–water partition coefficient (Wildman–Crippen LogP) is 6.26. The van der Waals surface area contributed by atoms with Crippen molar-refractivity contribution in [1.82, 2.24) is 0 Å². The molecule has 0 aliphatic carbocycles. The molecule has 2 aromatic carbocycles. The Kier molecular flexibility index (Phi) is 4.57. The monoisotopic (exact) mass is 372 g/mol. The predicted molar refractivity (Wildman–Crippen MR) is 104 cm³/mol. The lowest BCUT2D eigenvalue weighted by molar-refractivity contribution is -0.633. The molecule has 0 aliphatic rings. The smallest absolute Gasteiger partial charge is 0.194 e. The minimum atomic E-state index is -4.33. The van der Waals surface area contributed by atoms with E-state index in [0.717, 1.165) is 22.8 Å². The number of hydrogen-bond acceptors (Lipinski definition) is 0. The number of hydrogen-bond donors (Lipinski definition) is 0. The third-order valence-electron chi connectivity index (χ3n) is 5.31. The Labute approximate surface area is 158 Å². The quantitative estimate of drug-likeness (QED) is 0.444. The molecule has 0 atom stereocenters. The standard InChI is InChI=1S/C23H25F3N/c1-14-11-18(22(3,4)5)13-19(15(14)2)21-9-7-16-12-17(23(24,25)26)8-10-20(16)27(21)6/h7-13H,1-6H3/q+1. The molecule has 1 heterocycles. The van der Waals surface area contributed by atoms with Gasteiger partial charge in [-0.25, -0.2) is 0 Å². The van der Waals surface area contributed by atoms with Crippen molar-refractivity contribution in [3.8, 4) is 11.3 Å². The van der Waals surface area contributed by atoms with Crippen molar-refractivity contribution in [3.63, 3.8) is 0 Å². The molecule has 3 aromatic rings. The molecule has 0 radical (unpaired) electrons. The van der Waals surface area contributed by atoms with Gasteiger partial charge in [-0.1, -0.05) is 26.8 Å². The van der Waals surface area contributed by atoms with Crippen LogP contribution < -0.4 is 4.57 Å². The Hall–Kier alpha value is -2.36. The first-order chi connectivity index (χ1) is 12.4. The van der Waals surface area contributed by atoms with Crippen molar-refractivity contribution in [2.75, 3.05) is 0 Å². The average molecular weight is 372 g/mol. The Bertz CT molecular complexity index is 1020. The van der Waals surface area contributed by atoms with Crippen LogP contribution >= 0.6 is 0 Å². The van der Waals surface area contributed by atoms with Crippen molar-refractivity contribution in [2.45, 2.75) is 46.2 Å².